The number of nitrogens with one attached hydrogen (secondary N) is 1. The summed E-state index contributed by atoms with van der Waals surface area (Å²) in [7, 11) is 0. The van der Waals surface area contributed by atoms with Gasteiger partial charge in [-0.3, -0.25) is 14.3 Å². The lowest BCUT2D eigenvalue weighted by molar-refractivity contribution is 0.707. The van der Waals surface area contributed by atoms with E-state index in [9.17, 15) is 9.59 Å². The molecule has 14 heavy (non-hydrogen) atoms. The fourth-order valence-corrected chi connectivity index (χ4v) is 1.32. The van der Waals surface area contributed by atoms with Crippen LogP contribution in [0.3, 0.4) is 0 Å². The highest BCUT2D eigenvalue weighted by molar-refractivity contribution is 9.10. The van der Waals surface area contributed by atoms with Crippen LogP contribution in [0.4, 0.5) is 0 Å². The van der Waals surface area contributed by atoms with Crippen LogP contribution in [-0.2, 0) is 6.54 Å². The van der Waals surface area contributed by atoms with E-state index in [0.717, 1.165) is 5.57 Å². The maximum Gasteiger partial charge on any atom is 0.328 e. The molecule has 0 aliphatic rings. The molecule has 0 aromatic carbocycles. The molecule has 0 spiro atoms. The fourth-order valence-electron chi connectivity index (χ4n) is 0.903. The van der Waals surface area contributed by atoms with Crippen molar-refractivity contribution >= 4 is 27.5 Å². The second kappa shape index (κ2) is 4.61. The number of aromatic amines is 1. The Morgan fingerprint density at radius 3 is 2.93 bits per heavy atom. The molecule has 0 unspecified atom stereocenters. The highest BCUT2D eigenvalue weighted by atomic mass is 79.9. The summed E-state index contributed by atoms with van der Waals surface area (Å²) in [5.41, 5.74) is 1.34. The third-order valence-corrected chi connectivity index (χ3v) is 2.51. The summed E-state index contributed by atoms with van der Waals surface area (Å²) in [4.78, 5) is 24.4. The number of allylic oxidation sites excluding steroid dienone is 1. The van der Waals surface area contributed by atoms with Gasteiger partial charge in [0.2, 0.25) is 0 Å². The van der Waals surface area contributed by atoms with Crippen LogP contribution in [0.1, 0.15) is 6.92 Å². The van der Waals surface area contributed by atoms with Crippen molar-refractivity contribution in [3.05, 3.63) is 42.6 Å². The molecule has 0 fully saturated rings. The van der Waals surface area contributed by atoms with Crippen molar-refractivity contribution in [1.82, 2.24) is 9.55 Å². The maximum atomic E-state index is 11.3. The third-order valence-electron chi connectivity index (χ3n) is 1.57. The van der Waals surface area contributed by atoms with Crippen LogP contribution in [0.15, 0.2) is 31.4 Å². The highest BCUT2D eigenvalue weighted by Gasteiger charge is 2.01. The molecule has 1 heterocycles. The van der Waals surface area contributed by atoms with Crippen molar-refractivity contribution in [3.63, 3.8) is 0 Å². The topological polar surface area (TPSA) is 54.9 Å². The average Bonchev–Trinajstić information content (AvgIpc) is 2.14. The Morgan fingerprint density at radius 1 is 1.71 bits per heavy atom. The van der Waals surface area contributed by atoms with Gasteiger partial charge in [0.05, 0.1) is 4.47 Å². The molecule has 0 bridgehead atoms. The van der Waals surface area contributed by atoms with Gasteiger partial charge in [0.15, 0.2) is 0 Å². The van der Waals surface area contributed by atoms with Crippen LogP contribution >= 0.6 is 27.5 Å². The van der Waals surface area contributed by atoms with Crippen molar-refractivity contribution in [2.45, 2.75) is 13.5 Å². The Kier molecular flexibility index (Phi) is 3.71. The average molecular weight is 280 g/mol. The number of hydrogen-bond acceptors (Lipinski definition) is 2. The van der Waals surface area contributed by atoms with Gasteiger partial charge < -0.3 is 0 Å². The van der Waals surface area contributed by atoms with Crippen LogP contribution in [0.2, 0.25) is 0 Å². The Morgan fingerprint density at radius 2 is 2.36 bits per heavy atom. The minimum Gasteiger partial charge on any atom is -0.295 e. The molecule has 0 atom stereocenters. The highest BCUT2D eigenvalue weighted by Crippen LogP contribution is 2.02. The predicted molar refractivity (Wildman–Crippen MR) is 58.6 cm³/mol. The maximum absolute atomic E-state index is 11.3. The van der Waals surface area contributed by atoms with Gasteiger partial charge in [-0.15, -0.1) is 0 Å². The first-order chi connectivity index (χ1) is 6.54. The molecule has 0 saturated heterocycles. The minimum atomic E-state index is -0.448. The third kappa shape index (κ3) is 2.59. The molecule has 1 aromatic heterocycles. The van der Waals surface area contributed by atoms with Crippen molar-refractivity contribution in [2.24, 2.45) is 0 Å². The lowest BCUT2D eigenvalue weighted by Gasteiger charge is -2.04. The number of hydrogen-bond donors (Lipinski definition) is 1. The van der Waals surface area contributed by atoms with Gasteiger partial charge in [-0.2, -0.15) is 0 Å². The van der Waals surface area contributed by atoms with E-state index in [4.69, 9.17) is 11.6 Å². The standard InChI is InChI=1S/C8H8BrClN2O2/c1-5(2-10)3-12-4-6(9)7(13)11-8(12)14/h2,4H,3H2,1H3,(H,11,13,14)/b5-2-. The first-order valence-electron chi connectivity index (χ1n) is 3.79. The molecule has 1 rings (SSSR count). The Balaban J connectivity index is 3.17. The Hall–Kier alpha value is -0.810. The predicted octanol–water partition coefficient (Wildman–Crippen LogP) is 1.44. The van der Waals surface area contributed by atoms with Gasteiger partial charge in [-0.25, -0.2) is 4.79 Å². The summed E-state index contributed by atoms with van der Waals surface area (Å²) in [6.45, 7) is 2.15. The van der Waals surface area contributed by atoms with Crippen molar-refractivity contribution in [3.8, 4) is 0 Å². The Bertz CT molecular complexity index is 475. The minimum absolute atomic E-state index is 0.319. The monoisotopic (exact) mass is 278 g/mol. The SMILES string of the molecule is C/C(=C/Cl)Cn1cc(Br)c(=O)[nH]c1=O. The van der Waals surface area contributed by atoms with E-state index >= 15 is 0 Å². The summed E-state index contributed by atoms with van der Waals surface area (Å²) in [6.07, 6.45) is 1.44. The van der Waals surface area contributed by atoms with E-state index in [1.54, 1.807) is 6.92 Å². The summed E-state index contributed by atoms with van der Waals surface area (Å²) in [5.74, 6) is 0. The largest absolute Gasteiger partial charge is 0.328 e. The van der Waals surface area contributed by atoms with Crippen LogP contribution in [0.25, 0.3) is 0 Å². The summed E-state index contributed by atoms with van der Waals surface area (Å²) < 4.78 is 1.68. The zero-order chi connectivity index (χ0) is 10.7. The zero-order valence-corrected chi connectivity index (χ0v) is 9.72. The quantitative estimate of drug-likeness (QED) is 0.890. The lowest BCUT2D eigenvalue weighted by atomic mass is 10.3. The van der Waals surface area contributed by atoms with E-state index in [-0.39, 0.29) is 0 Å². The van der Waals surface area contributed by atoms with Gasteiger partial charge >= 0.3 is 5.69 Å². The lowest BCUT2D eigenvalue weighted by Crippen LogP contribution is -2.30. The molecule has 0 aliphatic heterocycles. The number of aromatic nitrogens is 2. The van der Waals surface area contributed by atoms with Crippen LogP contribution in [0, 0.1) is 0 Å². The molecular formula is C8H8BrClN2O2. The van der Waals surface area contributed by atoms with E-state index in [2.05, 4.69) is 20.9 Å². The van der Waals surface area contributed by atoms with Gasteiger partial charge in [0.25, 0.3) is 5.56 Å². The van der Waals surface area contributed by atoms with Crippen LogP contribution in [-0.4, -0.2) is 9.55 Å². The fraction of sp³-hybridized carbons (Fsp3) is 0.250. The molecule has 0 radical (unpaired) electrons. The second-order valence-electron chi connectivity index (χ2n) is 2.82. The number of H-pyrrole nitrogens is 1. The molecule has 0 amide bonds. The molecule has 0 aliphatic carbocycles. The zero-order valence-electron chi connectivity index (χ0n) is 7.38. The van der Waals surface area contributed by atoms with Crippen LogP contribution < -0.4 is 11.2 Å². The van der Waals surface area contributed by atoms with Crippen molar-refractivity contribution in [2.75, 3.05) is 0 Å². The van der Waals surface area contributed by atoms with Crippen LogP contribution in [0.5, 0.6) is 0 Å². The van der Waals surface area contributed by atoms with E-state index < -0.39 is 11.2 Å². The molecule has 1 aromatic rings. The van der Waals surface area contributed by atoms with E-state index in [0.29, 0.717) is 11.0 Å². The summed E-state index contributed by atoms with van der Waals surface area (Å²) >= 11 is 8.50. The summed E-state index contributed by atoms with van der Waals surface area (Å²) in [5, 5.41) is 0. The smallest absolute Gasteiger partial charge is 0.295 e. The first-order valence-corrected chi connectivity index (χ1v) is 5.02. The molecule has 6 heteroatoms. The molecule has 1 N–H and O–H groups in total. The van der Waals surface area contributed by atoms with Gasteiger partial charge in [0, 0.05) is 18.3 Å². The normalized spacial score (nSPS) is 11.8. The number of halogens is 2. The van der Waals surface area contributed by atoms with Crippen molar-refractivity contribution < 1.29 is 0 Å². The van der Waals surface area contributed by atoms with E-state index in [1.807, 2.05) is 0 Å². The number of rotatable bonds is 2. The first kappa shape index (κ1) is 11.3. The molecule has 4 nitrogen and oxygen atoms in total. The second-order valence-corrected chi connectivity index (χ2v) is 3.89. The summed E-state index contributed by atoms with van der Waals surface area (Å²) in [6, 6.07) is 0. The molecular weight excluding hydrogens is 271 g/mol. The van der Waals surface area contributed by atoms with Gasteiger partial charge in [-0.1, -0.05) is 11.6 Å². The van der Waals surface area contributed by atoms with Crippen molar-refractivity contribution in [1.29, 1.82) is 0 Å². The molecule has 0 saturated carbocycles. The number of nitrogens with zero attached hydrogens (tertiary/aromatic N) is 1. The van der Waals surface area contributed by atoms with Gasteiger partial charge in [0.1, 0.15) is 0 Å². The molecule has 76 valence electrons. The van der Waals surface area contributed by atoms with Gasteiger partial charge in [-0.05, 0) is 28.4 Å². The Labute approximate surface area is 93.3 Å². The van der Waals surface area contributed by atoms with E-state index in [1.165, 1.54) is 16.3 Å².